The number of nitrogens with zero attached hydrogens (tertiary/aromatic N) is 4. The Bertz CT molecular complexity index is 3580. The van der Waals surface area contributed by atoms with Crippen molar-refractivity contribution < 1.29 is 0 Å². The summed E-state index contributed by atoms with van der Waals surface area (Å²) in [6, 6.07) is 68.4. The smallest absolute Gasteiger partial charge is 0.161 e. The summed E-state index contributed by atoms with van der Waals surface area (Å²) in [7, 11) is 0. The van der Waals surface area contributed by atoms with E-state index in [0.29, 0.717) is 5.82 Å². The Labute approximate surface area is 362 Å². The maximum Gasteiger partial charge on any atom is 0.161 e. The van der Waals surface area contributed by atoms with Crippen molar-refractivity contribution in [3.05, 3.63) is 229 Å². The molecule has 288 valence electrons. The summed E-state index contributed by atoms with van der Waals surface area (Å²) in [4.78, 5) is 19.7. The standard InChI is InChI=1S/C57H34N4S/c1-2-13-35(14-3-1)51-32-52(61-56(60-51)38-25-29-50(59-34-38)37-15-12-30-58-33-37)36-24-26-42-40-17-5-4-16-39(40)41-18-6-9-21-46(41)57(49(42)31-36)47-22-10-7-20-45(47)54-48(57)28-27-44-43-19-8-11-23-53(43)62-55(44)54/h1-34H. The van der Waals surface area contributed by atoms with Gasteiger partial charge in [0.2, 0.25) is 0 Å². The first kappa shape index (κ1) is 34.9. The van der Waals surface area contributed by atoms with Crippen LogP contribution in [0.25, 0.3) is 98.7 Å². The molecule has 1 atom stereocenters. The molecule has 62 heavy (non-hydrogen) atoms. The van der Waals surface area contributed by atoms with Crippen LogP contribution in [0.3, 0.4) is 0 Å². The van der Waals surface area contributed by atoms with Crippen LogP contribution < -0.4 is 0 Å². The van der Waals surface area contributed by atoms with E-state index in [1.165, 1.54) is 75.8 Å². The Balaban J connectivity index is 1.10. The van der Waals surface area contributed by atoms with Crippen molar-refractivity contribution in [1.82, 2.24) is 19.9 Å². The van der Waals surface area contributed by atoms with Gasteiger partial charge in [-0.15, -0.1) is 11.3 Å². The van der Waals surface area contributed by atoms with Gasteiger partial charge >= 0.3 is 0 Å². The van der Waals surface area contributed by atoms with Gasteiger partial charge in [0.1, 0.15) is 0 Å². The number of benzene rings is 7. The van der Waals surface area contributed by atoms with E-state index in [0.717, 1.165) is 39.3 Å². The molecular weight excluding hydrogens is 773 g/mol. The molecule has 4 nitrogen and oxygen atoms in total. The van der Waals surface area contributed by atoms with E-state index < -0.39 is 5.41 Å². The summed E-state index contributed by atoms with van der Waals surface area (Å²) in [6.07, 6.45) is 5.48. The third-order valence-corrected chi connectivity index (χ3v) is 14.1. The first-order valence-electron chi connectivity index (χ1n) is 20.9. The van der Waals surface area contributed by atoms with Crippen molar-refractivity contribution in [2.45, 2.75) is 5.41 Å². The lowest BCUT2D eigenvalue weighted by atomic mass is 9.65. The van der Waals surface area contributed by atoms with Crippen LogP contribution in [0.15, 0.2) is 207 Å². The van der Waals surface area contributed by atoms with E-state index in [1.807, 2.05) is 48.0 Å². The monoisotopic (exact) mass is 806 g/mol. The minimum Gasteiger partial charge on any atom is -0.264 e. The molecule has 0 bridgehead atoms. The Kier molecular flexibility index (Phi) is 7.66. The molecule has 5 heteroatoms. The van der Waals surface area contributed by atoms with Gasteiger partial charge in [0.05, 0.1) is 22.5 Å². The molecule has 0 fully saturated rings. The molecule has 0 saturated carbocycles. The number of hydrogen-bond acceptors (Lipinski definition) is 5. The highest BCUT2D eigenvalue weighted by atomic mass is 32.1. The second-order valence-corrected chi connectivity index (χ2v) is 17.2. The van der Waals surface area contributed by atoms with Crippen LogP contribution >= 0.6 is 11.3 Å². The molecule has 4 aromatic heterocycles. The lowest BCUT2D eigenvalue weighted by Crippen LogP contribution is -2.29. The van der Waals surface area contributed by atoms with Gasteiger partial charge in [-0.2, -0.15) is 0 Å². The molecule has 13 rings (SSSR count). The average molecular weight is 807 g/mol. The van der Waals surface area contributed by atoms with Gasteiger partial charge in [0.15, 0.2) is 5.82 Å². The summed E-state index contributed by atoms with van der Waals surface area (Å²) in [5.74, 6) is 0.621. The summed E-state index contributed by atoms with van der Waals surface area (Å²) < 4.78 is 2.64. The second-order valence-electron chi connectivity index (χ2n) is 16.1. The Morgan fingerprint density at radius 3 is 1.82 bits per heavy atom. The quantitative estimate of drug-likeness (QED) is 0.178. The number of thiophene rings is 1. The number of fused-ring (bicyclic) bond motifs is 16. The van der Waals surface area contributed by atoms with Crippen LogP contribution in [0.4, 0.5) is 0 Å². The molecule has 2 aliphatic carbocycles. The van der Waals surface area contributed by atoms with Gasteiger partial charge in [-0.25, -0.2) is 9.97 Å². The number of aromatic nitrogens is 4. The van der Waals surface area contributed by atoms with Crippen LogP contribution in [-0.4, -0.2) is 19.9 Å². The lowest BCUT2D eigenvalue weighted by molar-refractivity contribution is 0.776. The maximum absolute atomic E-state index is 5.37. The van der Waals surface area contributed by atoms with Crippen molar-refractivity contribution in [3.8, 4) is 78.5 Å². The molecule has 1 spiro atoms. The molecule has 11 aromatic rings. The number of pyridine rings is 2. The highest BCUT2D eigenvalue weighted by Crippen LogP contribution is 2.63. The molecule has 0 aliphatic heterocycles. The average Bonchev–Trinajstić information content (AvgIpc) is 3.85. The normalized spacial score (nSPS) is 14.5. The minimum absolute atomic E-state index is 0.621. The third-order valence-electron chi connectivity index (χ3n) is 12.9. The van der Waals surface area contributed by atoms with Crippen molar-refractivity contribution in [3.63, 3.8) is 0 Å². The summed E-state index contributed by atoms with van der Waals surface area (Å²) in [6.45, 7) is 0. The van der Waals surface area contributed by atoms with E-state index in [9.17, 15) is 0 Å². The molecule has 1 unspecified atom stereocenters. The van der Waals surface area contributed by atoms with E-state index in [4.69, 9.17) is 15.0 Å². The van der Waals surface area contributed by atoms with Crippen molar-refractivity contribution >= 4 is 31.5 Å². The molecule has 4 heterocycles. The van der Waals surface area contributed by atoms with Gasteiger partial charge < -0.3 is 0 Å². The first-order valence-corrected chi connectivity index (χ1v) is 21.8. The van der Waals surface area contributed by atoms with Gasteiger partial charge in [-0.3, -0.25) is 9.97 Å². The van der Waals surface area contributed by atoms with E-state index in [1.54, 1.807) is 6.20 Å². The Hall–Kier alpha value is -7.86. The first-order chi connectivity index (χ1) is 30.7. The van der Waals surface area contributed by atoms with Crippen LogP contribution in [0.5, 0.6) is 0 Å². The van der Waals surface area contributed by atoms with E-state index in [-0.39, 0.29) is 0 Å². The van der Waals surface area contributed by atoms with Crippen molar-refractivity contribution in [2.75, 3.05) is 0 Å². The zero-order valence-corrected chi connectivity index (χ0v) is 34.1. The fraction of sp³-hybridized carbons (Fsp3) is 0.0175. The molecular formula is C57H34N4S. The van der Waals surface area contributed by atoms with Gasteiger partial charge in [-0.1, -0.05) is 146 Å². The lowest BCUT2D eigenvalue weighted by Gasteiger charge is -2.35. The zero-order chi connectivity index (χ0) is 40.8. The fourth-order valence-corrected chi connectivity index (χ4v) is 11.5. The van der Waals surface area contributed by atoms with Gasteiger partial charge in [-0.05, 0) is 92.5 Å². The summed E-state index contributed by atoms with van der Waals surface area (Å²) >= 11 is 1.91. The Morgan fingerprint density at radius 1 is 0.387 bits per heavy atom. The maximum atomic E-state index is 5.37. The van der Waals surface area contributed by atoms with Crippen LogP contribution in [-0.2, 0) is 5.41 Å². The molecule has 0 N–H and O–H groups in total. The van der Waals surface area contributed by atoms with E-state index >= 15 is 0 Å². The summed E-state index contributed by atoms with van der Waals surface area (Å²) in [5, 5.41) is 2.61. The van der Waals surface area contributed by atoms with Crippen molar-refractivity contribution in [1.29, 1.82) is 0 Å². The third kappa shape index (κ3) is 5.06. The SMILES string of the molecule is c1ccc(-c2cc(-c3ccc4c(c3)C3(c5ccccc5-c5ccccc5-4)c4ccccc4-c4c3ccc3c4sc4ccccc43)nc(-c3ccc(-c4cccnc4)nc3)n2)cc1. The van der Waals surface area contributed by atoms with Crippen LogP contribution in [0.1, 0.15) is 22.3 Å². The largest absolute Gasteiger partial charge is 0.264 e. The Morgan fingerprint density at radius 2 is 1.05 bits per heavy atom. The molecule has 7 aromatic carbocycles. The van der Waals surface area contributed by atoms with Gasteiger partial charge in [0.25, 0.3) is 0 Å². The molecule has 2 aliphatic rings. The molecule has 0 amide bonds. The number of rotatable bonds is 4. The van der Waals surface area contributed by atoms with Crippen LogP contribution in [0.2, 0.25) is 0 Å². The zero-order valence-electron chi connectivity index (χ0n) is 33.3. The summed E-state index contributed by atoms with van der Waals surface area (Å²) in [5.41, 5.74) is 18.4. The van der Waals surface area contributed by atoms with Crippen LogP contribution in [0, 0.1) is 0 Å². The molecule has 0 radical (unpaired) electrons. The van der Waals surface area contributed by atoms with Gasteiger partial charge in [0, 0.05) is 66.6 Å². The predicted octanol–water partition coefficient (Wildman–Crippen LogP) is 14.3. The highest BCUT2D eigenvalue weighted by Gasteiger charge is 2.50. The second kappa shape index (κ2) is 13.6. The fourth-order valence-electron chi connectivity index (χ4n) is 10.2. The minimum atomic E-state index is -0.637. The highest BCUT2D eigenvalue weighted by molar-refractivity contribution is 7.26. The predicted molar refractivity (Wildman–Crippen MR) is 254 cm³/mol. The molecule has 0 saturated heterocycles. The van der Waals surface area contributed by atoms with E-state index in [2.05, 4.69) is 169 Å². The van der Waals surface area contributed by atoms with Crippen molar-refractivity contribution in [2.24, 2.45) is 0 Å². The number of hydrogen-bond donors (Lipinski definition) is 0. The topological polar surface area (TPSA) is 51.6 Å².